The normalized spacial score (nSPS) is 10.2. The second-order valence-electron chi connectivity index (χ2n) is 3.59. The molecule has 0 amide bonds. The van der Waals surface area contributed by atoms with Crippen molar-refractivity contribution in [2.45, 2.75) is 13.5 Å². The lowest BCUT2D eigenvalue weighted by molar-refractivity contribution is -0.384. The number of benzene rings is 1. The summed E-state index contributed by atoms with van der Waals surface area (Å²) in [6.45, 7) is 2.34. The van der Waals surface area contributed by atoms with Crippen LogP contribution in [0.3, 0.4) is 0 Å². The highest BCUT2D eigenvalue weighted by Gasteiger charge is 2.04. The molecule has 1 aromatic carbocycles. The summed E-state index contributed by atoms with van der Waals surface area (Å²) in [5.74, 6) is 0.755. The maximum Gasteiger partial charge on any atom is 0.269 e. The number of nitro groups is 1. The zero-order chi connectivity index (χ0) is 12.3. The van der Waals surface area contributed by atoms with E-state index in [1.807, 2.05) is 13.0 Å². The van der Waals surface area contributed by atoms with Crippen LogP contribution in [0, 0.1) is 17.0 Å². The van der Waals surface area contributed by atoms with Crippen molar-refractivity contribution in [1.29, 1.82) is 0 Å². The smallest absolute Gasteiger partial charge is 0.269 e. The van der Waals surface area contributed by atoms with Crippen LogP contribution in [0.4, 0.5) is 11.4 Å². The van der Waals surface area contributed by atoms with Gasteiger partial charge in [0.15, 0.2) is 0 Å². The van der Waals surface area contributed by atoms with Gasteiger partial charge in [0.25, 0.3) is 5.69 Å². The monoisotopic (exact) mass is 233 g/mol. The molecule has 0 radical (unpaired) electrons. The molecule has 6 heteroatoms. The van der Waals surface area contributed by atoms with E-state index in [1.165, 1.54) is 12.1 Å². The molecule has 1 heterocycles. The number of rotatable bonds is 4. The molecule has 0 saturated heterocycles. The average Bonchev–Trinajstić information content (AvgIpc) is 2.73. The molecule has 0 atom stereocenters. The van der Waals surface area contributed by atoms with Gasteiger partial charge in [-0.25, -0.2) is 0 Å². The molecule has 1 aromatic heterocycles. The van der Waals surface area contributed by atoms with Crippen LogP contribution in [0.25, 0.3) is 0 Å². The Hall–Kier alpha value is -2.37. The molecule has 2 rings (SSSR count). The minimum absolute atomic E-state index is 0.0767. The largest absolute Gasteiger partial charge is 0.379 e. The fraction of sp³-hybridized carbons (Fsp3) is 0.182. The van der Waals surface area contributed by atoms with Crippen LogP contribution in [0.1, 0.15) is 11.5 Å². The van der Waals surface area contributed by atoms with E-state index in [4.69, 9.17) is 4.52 Å². The Kier molecular flexibility index (Phi) is 3.04. The summed E-state index contributed by atoms with van der Waals surface area (Å²) in [6, 6.07) is 8.06. The van der Waals surface area contributed by atoms with Crippen molar-refractivity contribution in [3.8, 4) is 0 Å². The van der Waals surface area contributed by atoms with Crippen molar-refractivity contribution in [3.05, 3.63) is 51.9 Å². The number of nitrogens with zero attached hydrogens (tertiary/aromatic N) is 2. The Morgan fingerprint density at radius 3 is 2.65 bits per heavy atom. The lowest BCUT2D eigenvalue weighted by Crippen LogP contribution is -1.99. The van der Waals surface area contributed by atoms with Gasteiger partial charge < -0.3 is 9.84 Å². The van der Waals surface area contributed by atoms with Crippen LogP contribution < -0.4 is 5.32 Å². The zero-order valence-corrected chi connectivity index (χ0v) is 9.21. The molecular weight excluding hydrogens is 222 g/mol. The van der Waals surface area contributed by atoms with Gasteiger partial charge in [-0.1, -0.05) is 5.16 Å². The van der Waals surface area contributed by atoms with Gasteiger partial charge in [-0.15, -0.1) is 0 Å². The third kappa shape index (κ3) is 2.81. The molecule has 2 aromatic rings. The molecular formula is C11H11N3O3. The Labute approximate surface area is 97.4 Å². The molecule has 0 fully saturated rings. The standard InChI is InChI=1S/C11H11N3O3/c1-8-6-10(13-17-8)7-12-9-2-4-11(5-3-9)14(15)16/h2-6,12H,7H2,1H3. The summed E-state index contributed by atoms with van der Waals surface area (Å²) >= 11 is 0. The van der Waals surface area contributed by atoms with Crippen molar-refractivity contribution in [3.63, 3.8) is 0 Å². The van der Waals surface area contributed by atoms with Crippen LogP contribution in [-0.4, -0.2) is 10.1 Å². The quantitative estimate of drug-likeness (QED) is 0.648. The molecule has 0 unspecified atom stereocenters. The molecule has 88 valence electrons. The Bertz CT molecular complexity index is 519. The molecule has 0 aliphatic carbocycles. The number of hydrogen-bond donors (Lipinski definition) is 1. The molecule has 17 heavy (non-hydrogen) atoms. The first kappa shape index (κ1) is 11.1. The zero-order valence-electron chi connectivity index (χ0n) is 9.21. The van der Waals surface area contributed by atoms with Gasteiger partial charge in [-0.05, 0) is 19.1 Å². The Balaban J connectivity index is 1.97. The van der Waals surface area contributed by atoms with Gasteiger partial charge in [0.05, 0.1) is 11.5 Å². The summed E-state index contributed by atoms with van der Waals surface area (Å²) in [4.78, 5) is 10.0. The van der Waals surface area contributed by atoms with Crippen molar-refractivity contribution in [2.75, 3.05) is 5.32 Å². The number of nitrogens with one attached hydrogen (secondary N) is 1. The van der Waals surface area contributed by atoms with Crippen LogP contribution in [0.15, 0.2) is 34.9 Å². The number of aryl methyl sites for hydroxylation is 1. The molecule has 0 bridgehead atoms. The number of non-ortho nitro benzene ring substituents is 1. The maximum absolute atomic E-state index is 10.5. The van der Waals surface area contributed by atoms with Gasteiger partial charge >= 0.3 is 0 Å². The van der Waals surface area contributed by atoms with E-state index in [2.05, 4.69) is 10.5 Å². The average molecular weight is 233 g/mol. The van der Waals surface area contributed by atoms with Gasteiger partial charge in [0.1, 0.15) is 11.5 Å². The summed E-state index contributed by atoms with van der Waals surface area (Å²) in [5.41, 5.74) is 1.67. The van der Waals surface area contributed by atoms with Gasteiger partial charge in [0.2, 0.25) is 0 Å². The highest BCUT2D eigenvalue weighted by molar-refractivity contribution is 5.48. The minimum Gasteiger partial charge on any atom is -0.379 e. The van der Waals surface area contributed by atoms with Crippen molar-refractivity contribution in [2.24, 2.45) is 0 Å². The van der Waals surface area contributed by atoms with E-state index in [-0.39, 0.29) is 5.69 Å². The lowest BCUT2D eigenvalue weighted by atomic mass is 10.3. The van der Waals surface area contributed by atoms with Crippen LogP contribution in [0.5, 0.6) is 0 Å². The first-order valence-electron chi connectivity index (χ1n) is 5.05. The summed E-state index contributed by atoms with van der Waals surface area (Å²) < 4.78 is 4.92. The van der Waals surface area contributed by atoms with Crippen LogP contribution in [-0.2, 0) is 6.54 Å². The molecule has 0 aliphatic heterocycles. The number of hydrogen-bond acceptors (Lipinski definition) is 5. The number of nitro benzene ring substituents is 1. The molecule has 0 aliphatic rings. The minimum atomic E-state index is -0.426. The van der Waals surface area contributed by atoms with E-state index in [1.54, 1.807) is 12.1 Å². The number of aromatic nitrogens is 1. The first-order valence-corrected chi connectivity index (χ1v) is 5.05. The topological polar surface area (TPSA) is 81.2 Å². The second kappa shape index (κ2) is 4.65. The highest BCUT2D eigenvalue weighted by Crippen LogP contribution is 2.16. The van der Waals surface area contributed by atoms with Gasteiger partial charge in [0, 0.05) is 23.9 Å². The fourth-order valence-electron chi connectivity index (χ4n) is 1.39. The van der Waals surface area contributed by atoms with Crippen LogP contribution in [0.2, 0.25) is 0 Å². The fourth-order valence-corrected chi connectivity index (χ4v) is 1.39. The third-order valence-corrected chi connectivity index (χ3v) is 2.23. The van der Waals surface area contributed by atoms with Crippen molar-refractivity contribution >= 4 is 11.4 Å². The number of anilines is 1. The Morgan fingerprint density at radius 1 is 1.41 bits per heavy atom. The summed E-state index contributed by atoms with van der Waals surface area (Å²) in [7, 11) is 0. The highest BCUT2D eigenvalue weighted by atomic mass is 16.6. The van der Waals surface area contributed by atoms with Crippen molar-refractivity contribution < 1.29 is 9.45 Å². The molecule has 6 nitrogen and oxygen atoms in total. The predicted octanol–water partition coefficient (Wildman–Crippen LogP) is 2.50. The second-order valence-corrected chi connectivity index (χ2v) is 3.59. The molecule has 1 N–H and O–H groups in total. The lowest BCUT2D eigenvalue weighted by Gasteiger charge is -2.02. The Morgan fingerprint density at radius 2 is 2.12 bits per heavy atom. The van der Waals surface area contributed by atoms with E-state index in [0.29, 0.717) is 6.54 Å². The molecule has 0 saturated carbocycles. The summed E-state index contributed by atoms with van der Waals surface area (Å²) in [6.07, 6.45) is 0. The van der Waals surface area contributed by atoms with Gasteiger partial charge in [-0.3, -0.25) is 10.1 Å². The first-order chi connectivity index (χ1) is 8.15. The van der Waals surface area contributed by atoms with E-state index in [9.17, 15) is 10.1 Å². The predicted molar refractivity (Wildman–Crippen MR) is 61.7 cm³/mol. The SMILES string of the molecule is Cc1cc(CNc2ccc([N+](=O)[O-])cc2)no1. The van der Waals surface area contributed by atoms with Gasteiger partial charge in [-0.2, -0.15) is 0 Å². The maximum atomic E-state index is 10.5. The van der Waals surface area contributed by atoms with E-state index >= 15 is 0 Å². The van der Waals surface area contributed by atoms with E-state index in [0.717, 1.165) is 17.1 Å². The van der Waals surface area contributed by atoms with E-state index < -0.39 is 4.92 Å². The third-order valence-electron chi connectivity index (χ3n) is 2.23. The summed E-state index contributed by atoms with van der Waals surface area (Å²) in [5, 5.41) is 17.4. The van der Waals surface area contributed by atoms with Crippen LogP contribution >= 0.6 is 0 Å². The van der Waals surface area contributed by atoms with Crippen molar-refractivity contribution in [1.82, 2.24) is 5.16 Å². The molecule has 0 spiro atoms.